The van der Waals surface area contributed by atoms with Gasteiger partial charge in [-0.25, -0.2) is 0 Å². The minimum absolute atomic E-state index is 0.0551. The highest BCUT2D eigenvalue weighted by atomic mass is 16.5. The van der Waals surface area contributed by atoms with E-state index in [1.807, 2.05) is 31.2 Å². The van der Waals surface area contributed by atoms with Crippen LogP contribution < -0.4 is 10.1 Å². The molecule has 18 heavy (non-hydrogen) atoms. The van der Waals surface area contributed by atoms with Crippen molar-refractivity contribution in [1.82, 2.24) is 5.32 Å². The average Bonchev–Trinajstić information content (AvgIpc) is 2.39. The van der Waals surface area contributed by atoms with E-state index in [2.05, 4.69) is 5.32 Å². The minimum atomic E-state index is -0.0916. The molecule has 1 amide bonds. The largest absolute Gasteiger partial charge is 0.484 e. The van der Waals surface area contributed by atoms with Gasteiger partial charge in [-0.2, -0.15) is 0 Å². The first-order valence-corrected chi connectivity index (χ1v) is 6.30. The molecular weight excluding hydrogens is 230 g/mol. The molecule has 2 rings (SSSR count). The van der Waals surface area contributed by atoms with E-state index in [9.17, 15) is 4.79 Å². The molecule has 0 aromatic heterocycles. The molecule has 1 atom stereocenters. The van der Waals surface area contributed by atoms with Crippen LogP contribution in [-0.2, 0) is 9.53 Å². The smallest absolute Gasteiger partial charge is 0.258 e. The second-order valence-electron chi connectivity index (χ2n) is 4.58. The van der Waals surface area contributed by atoms with Crippen LogP contribution in [0, 0.1) is 6.92 Å². The minimum Gasteiger partial charge on any atom is -0.484 e. The van der Waals surface area contributed by atoms with Gasteiger partial charge in [-0.1, -0.05) is 17.7 Å². The van der Waals surface area contributed by atoms with Gasteiger partial charge in [0.2, 0.25) is 0 Å². The Labute approximate surface area is 107 Å². The topological polar surface area (TPSA) is 47.6 Å². The second-order valence-corrected chi connectivity index (χ2v) is 4.58. The second kappa shape index (κ2) is 6.40. The first-order valence-electron chi connectivity index (χ1n) is 6.30. The van der Waals surface area contributed by atoms with E-state index < -0.39 is 0 Å². The zero-order chi connectivity index (χ0) is 12.8. The van der Waals surface area contributed by atoms with Gasteiger partial charge in [-0.05, 0) is 31.9 Å². The van der Waals surface area contributed by atoms with Gasteiger partial charge >= 0.3 is 0 Å². The van der Waals surface area contributed by atoms with Crippen LogP contribution in [0.4, 0.5) is 0 Å². The van der Waals surface area contributed by atoms with Gasteiger partial charge in [0.1, 0.15) is 5.75 Å². The van der Waals surface area contributed by atoms with Gasteiger partial charge < -0.3 is 14.8 Å². The molecule has 1 aliphatic rings. The third-order valence-electron chi connectivity index (χ3n) is 2.92. The molecule has 1 unspecified atom stereocenters. The van der Waals surface area contributed by atoms with Crippen LogP contribution in [0.5, 0.6) is 5.75 Å². The molecule has 4 nitrogen and oxygen atoms in total. The highest BCUT2D eigenvalue weighted by Gasteiger charge is 2.16. The highest BCUT2D eigenvalue weighted by Crippen LogP contribution is 2.11. The van der Waals surface area contributed by atoms with Crippen LogP contribution in [0.15, 0.2) is 24.3 Å². The molecule has 1 N–H and O–H groups in total. The number of nitrogens with one attached hydrogen (secondary N) is 1. The van der Waals surface area contributed by atoms with Crippen molar-refractivity contribution in [3.05, 3.63) is 29.8 Å². The van der Waals surface area contributed by atoms with E-state index in [0.29, 0.717) is 6.61 Å². The van der Waals surface area contributed by atoms with Crippen molar-refractivity contribution in [3.8, 4) is 5.75 Å². The van der Waals surface area contributed by atoms with E-state index in [1.54, 1.807) is 0 Å². The zero-order valence-electron chi connectivity index (χ0n) is 10.6. The van der Waals surface area contributed by atoms with Crippen LogP contribution in [0.3, 0.4) is 0 Å². The lowest BCUT2D eigenvalue weighted by Crippen LogP contribution is -2.42. The summed E-state index contributed by atoms with van der Waals surface area (Å²) in [5.41, 5.74) is 1.17. The molecule has 0 aliphatic carbocycles. The fourth-order valence-corrected chi connectivity index (χ4v) is 1.91. The van der Waals surface area contributed by atoms with Crippen LogP contribution in [0.25, 0.3) is 0 Å². The van der Waals surface area contributed by atoms with Crippen molar-refractivity contribution in [1.29, 1.82) is 0 Å². The SMILES string of the molecule is Cc1ccc(OCC(=O)NC2CCCOC2)cc1. The number of ether oxygens (including phenoxy) is 2. The lowest BCUT2D eigenvalue weighted by atomic mass is 10.1. The number of aryl methyl sites for hydroxylation is 1. The van der Waals surface area contributed by atoms with Gasteiger partial charge in [0.25, 0.3) is 5.91 Å². The molecule has 98 valence electrons. The number of benzene rings is 1. The number of hydrogen-bond acceptors (Lipinski definition) is 3. The van der Waals surface area contributed by atoms with E-state index in [1.165, 1.54) is 5.56 Å². The number of carbonyl (C=O) groups excluding carboxylic acids is 1. The van der Waals surface area contributed by atoms with Crippen LogP contribution in [0.2, 0.25) is 0 Å². The molecule has 1 aliphatic heterocycles. The summed E-state index contributed by atoms with van der Waals surface area (Å²) >= 11 is 0. The number of carbonyl (C=O) groups is 1. The quantitative estimate of drug-likeness (QED) is 0.883. The van der Waals surface area contributed by atoms with Gasteiger partial charge in [0.05, 0.1) is 12.6 Å². The normalized spacial score (nSPS) is 19.3. The zero-order valence-corrected chi connectivity index (χ0v) is 10.6. The highest BCUT2D eigenvalue weighted by molar-refractivity contribution is 5.77. The summed E-state index contributed by atoms with van der Waals surface area (Å²) in [4.78, 5) is 11.7. The summed E-state index contributed by atoms with van der Waals surface area (Å²) in [6.45, 7) is 3.47. The first kappa shape index (κ1) is 12.9. The Balaban J connectivity index is 1.72. The molecule has 0 bridgehead atoms. The van der Waals surface area contributed by atoms with Gasteiger partial charge in [0, 0.05) is 6.61 Å². The van der Waals surface area contributed by atoms with Crippen molar-refractivity contribution in [2.75, 3.05) is 19.8 Å². The van der Waals surface area contributed by atoms with E-state index in [0.717, 1.165) is 25.2 Å². The summed E-state index contributed by atoms with van der Waals surface area (Å²) in [5, 5.41) is 2.91. The molecule has 4 heteroatoms. The number of amides is 1. The molecule has 1 aromatic rings. The molecule has 0 radical (unpaired) electrons. The molecule has 0 saturated carbocycles. The van der Waals surface area contributed by atoms with Crippen molar-refractivity contribution in [3.63, 3.8) is 0 Å². The summed E-state index contributed by atoms with van der Waals surface area (Å²) in [5.74, 6) is 0.627. The third kappa shape index (κ3) is 4.04. The predicted molar refractivity (Wildman–Crippen MR) is 68.7 cm³/mol. The summed E-state index contributed by atoms with van der Waals surface area (Å²) in [6.07, 6.45) is 1.99. The molecule has 1 saturated heterocycles. The summed E-state index contributed by atoms with van der Waals surface area (Å²) in [6, 6.07) is 7.79. The van der Waals surface area contributed by atoms with E-state index in [4.69, 9.17) is 9.47 Å². The van der Waals surface area contributed by atoms with E-state index >= 15 is 0 Å². The Morgan fingerprint density at radius 3 is 2.89 bits per heavy atom. The van der Waals surface area contributed by atoms with Crippen LogP contribution in [0.1, 0.15) is 18.4 Å². The Morgan fingerprint density at radius 1 is 1.44 bits per heavy atom. The Kier molecular flexibility index (Phi) is 4.59. The molecule has 1 fully saturated rings. The Hall–Kier alpha value is -1.55. The fraction of sp³-hybridized carbons (Fsp3) is 0.500. The average molecular weight is 249 g/mol. The number of rotatable bonds is 4. The lowest BCUT2D eigenvalue weighted by Gasteiger charge is -2.23. The van der Waals surface area contributed by atoms with Gasteiger partial charge in [-0.3, -0.25) is 4.79 Å². The maximum atomic E-state index is 11.7. The van der Waals surface area contributed by atoms with Gasteiger partial charge in [0.15, 0.2) is 6.61 Å². The van der Waals surface area contributed by atoms with Crippen molar-refractivity contribution >= 4 is 5.91 Å². The number of hydrogen-bond donors (Lipinski definition) is 1. The molecular formula is C14H19NO3. The van der Waals surface area contributed by atoms with E-state index in [-0.39, 0.29) is 18.6 Å². The molecule has 1 aromatic carbocycles. The predicted octanol–water partition coefficient (Wildman–Crippen LogP) is 1.67. The third-order valence-corrected chi connectivity index (χ3v) is 2.92. The van der Waals surface area contributed by atoms with Crippen molar-refractivity contribution in [2.45, 2.75) is 25.8 Å². The fourth-order valence-electron chi connectivity index (χ4n) is 1.91. The van der Waals surface area contributed by atoms with Crippen LogP contribution >= 0.6 is 0 Å². The van der Waals surface area contributed by atoms with Crippen molar-refractivity contribution in [2.24, 2.45) is 0 Å². The maximum absolute atomic E-state index is 11.7. The standard InChI is InChI=1S/C14H19NO3/c1-11-4-6-13(7-5-11)18-10-14(16)15-12-3-2-8-17-9-12/h4-7,12H,2-3,8-10H2,1H3,(H,15,16). The summed E-state index contributed by atoms with van der Waals surface area (Å²) < 4.78 is 10.7. The Bertz CT molecular complexity index is 383. The lowest BCUT2D eigenvalue weighted by molar-refractivity contribution is -0.124. The van der Waals surface area contributed by atoms with Crippen LogP contribution in [-0.4, -0.2) is 31.8 Å². The molecule has 1 heterocycles. The Morgan fingerprint density at radius 2 is 2.22 bits per heavy atom. The summed E-state index contributed by atoms with van der Waals surface area (Å²) in [7, 11) is 0. The monoisotopic (exact) mass is 249 g/mol. The molecule has 0 spiro atoms. The van der Waals surface area contributed by atoms with Gasteiger partial charge in [-0.15, -0.1) is 0 Å². The first-order chi connectivity index (χ1) is 8.74. The maximum Gasteiger partial charge on any atom is 0.258 e. The van der Waals surface area contributed by atoms with Crippen molar-refractivity contribution < 1.29 is 14.3 Å².